The lowest BCUT2D eigenvalue weighted by atomic mass is 9.98. The molecule has 2 aromatic heterocycles. The first-order chi connectivity index (χ1) is 12.2. The van der Waals surface area contributed by atoms with Crippen molar-refractivity contribution in [3.8, 4) is 0 Å². The summed E-state index contributed by atoms with van der Waals surface area (Å²) in [7, 11) is 1.38. The minimum absolute atomic E-state index is 0.00472. The normalized spacial score (nSPS) is 17.1. The maximum absolute atomic E-state index is 12.3. The SMILES string of the molecule is COC(=O)CCCNC(=O)CN1CCc2sccc2[C@@H]1c1cccs1. The van der Waals surface area contributed by atoms with Crippen molar-refractivity contribution >= 4 is 34.6 Å². The summed E-state index contributed by atoms with van der Waals surface area (Å²) in [4.78, 5) is 28.4. The molecule has 0 unspecified atom stereocenters. The molecule has 1 amide bonds. The summed E-state index contributed by atoms with van der Waals surface area (Å²) in [6.45, 7) is 1.75. The molecule has 3 heterocycles. The fourth-order valence-corrected chi connectivity index (χ4v) is 4.90. The summed E-state index contributed by atoms with van der Waals surface area (Å²) in [6.07, 6.45) is 1.92. The highest BCUT2D eigenvalue weighted by molar-refractivity contribution is 7.10. The Bertz CT molecular complexity index is 712. The van der Waals surface area contributed by atoms with E-state index in [4.69, 9.17) is 0 Å². The van der Waals surface area contributed by atoms with Gasteiger partial charge in [-0.15, -0.1) is 22.7 Å². The van der Waals surface area contributed by atoms with Crippen LogP contribution >= 0.6 is 22.7 Å². The first kappa shape index (κ1) is 18.1. The van der Waals surface area contributed by atoms with E-state index in [-0.39, 0.29) is 17.9 Å². The Balaban J connectivity index is 1.59. The van der Waals surface area contributed by atoms with Crippen LogP contribution in [0.2, 0.25) is 0 Å². The second kappa shape index (κ2) is 8.60. The topological polar surface area (TPSA) is 58.6 Å². The lowest BCUT2D eigenvalue weighted by molar-refractivity contribution is -0.140. The molecular weight excluding hydrogens is 356 g/mol. The summed E-state index contributed by atoms with van der Waals surface area (Å²) in [5.41, 5.74) is 1.33. The molecule has 0 saturated carbocycles. The Kier molecular flexibility index (Phi) is 6.23. The first-order valence-corrected chi connectivity index (χ1v) is 10.1. The smallest absolute Gasteiger partial charge is 0.305 e. The molecule has 5 nitrogen and oxygen atoms in total. The first-order valence-electron chi connectivity index (χ1n) is 8.36. The second-order valence-corrected chi connectivity index (χ2v) is 7.95. The Labute approximate surface area is 155 Å². The van der Waals surface area contributed by atoms with Gasteiger partial charge in [-0.2, -0.15) is 0 Å². The fourth-order valence-electron chi connectivity index (χ4n) is 3.12. The van der Waals surface area contributed by atoms with Crippen molar-refractivity contribution in [3.05, 3.63) is 44.3 Å². The maximum Gasteiger partial charge on any atom is 0.305 e. The van der Waals surface area contributed by atoms with Crippen LogP contribution in [0.4, 0.5) is 0 Å². The number of rotatable bonds is 7. The molecule has 134 valence electrons. The highest BCUT2D eigenvalue weighted by atomic mass is 32.1. The van der Waals surface area contributed by atoms with Gasteiger partial charge in [-0.1, -0.05) is 6.07 Å². The summed E-state index contributed by atoms with van der Waals surface area (Å²) < 4.78 is 4.60. The number of ether oxygens (including phenoxy) is 1. The molecule has 0 aliphatic carbocycles. The van der Waals surface area contributed by atoms with Crippen LogP contribution in [0.5, 0.6) is 0 Å². The van der Waals surface area contributed by atoms with Crippen molar-refractivity contribution in [2.24, 2.45) is 0 Å². The van der Waals surface area contributed by atoms with E-state index in [1.807, 2.05) is 0 Å². The monoisotopic (exact) mass is 378 g/mol. The molecule has 25 heavy (non-hydrogen) atoms. The third kappa shape index (κ3) is 4.48. The van der Waals surface area contributed by atoms with Gasteiger partial charge in [0.25, 0.3) is 0 Å². The van der Waals surface area contributed by atoms with Crippen molar-refractivity contribution in [1.29, 1.82) is 0 Å². The molecule has 0 radical (unpaired) electrons. The van der Waals surface area contributed by atoms with Crippen LogP contribution in [0.1, 0.15) is 34.2 Å². The predicted octanol–water partition coefficient (Wildman–Crippen LogP) is 2.83. The van der Waals surface area contributed by atoms with Crippen molar-refractivity contribution in [2.75, 3.05) is 26.7 Å². The molecule has 1 aliphatic rings. The van der Waals surface area contributed by atoms with Gasteiger partial charge in [0.15, 0.2) is 0 Å². The summed E-state index contributed by atoms with van der Waals surface area (Å²) in [5, 5.41) is 7.14. The largest absolute Gasteiger partial charge is 0.469 e. The van der Waals surface area contributed by atoms with Gasteiger partial charge in [0.1, 0.15) is 0 Å². The third-order valence-electron chi connectivity index (χ3n) is 4.33. The number of nitrogens with one attached hydrogen (secondary N) is 1. The Morgan fingerprint density at radius 1 is 1.32 bits per heavy atom. The number of hydrogen-bond acceptors (Lipinski definition) is 6. The van der Waals surface area contributed by atoms with Gasteiger partial charge in [-0.3, -0.25) is 14.5 Å². The lowest BCUT2D eigenvalue weighted by Crippen LogP contribution is -2.42. The van der Waals surface area contributed by atoms with E-state index < -0.39 is 0 Å². The van der Waals surface area contributed by atoms with Gasteiger partial charge in [0.05, 0.1) is 19.7 Å². The highest BCUT2D eigenvalue weighted by Gasteiger charge is 2.31. The number of amides is 1. The zero-order chi connectivity index (χ0) is 17.6. The molecule has 0 aromatic carbocycles. The summed E-state index contributed by atoms with van der Waals surface area (Å²) in [6, 6.07) is 6.55. The van der Waals surface area contributed by atoms with Crippen LogP contribution in [0.25, 0.3) is 0 Å². The van der Waals surface area contributed by atoms with Gasteiger partial charge < -0.3 is 10.1 Å². The third-order valence-corrected chi connectivity index (χ3v) is 6.25. The van der Waals surface area contributed by atoms with Gasteiger partial charge in [0.2, 0.25) is 5.91 Å². The Morgan fingerprint density at radius 2 is 2.20 bits per heavy atom. The molecule has 0 saturated heterocycles. The number of carbonyl (C=O) groups is 2. The van der Waals surface area contributed by atoms with Gasteiger partial charge in [-0.05, 0) is 41.3 Å². The van der Waals surface area contributed by atoms with Gasteiger partial charge in [-0.25, -0.2) is 0 Å². The number of esters is 1. The van der Waals surface area contributed by atoms with E-state index in [0.717, 1.165) is 13.0 Å². The standard InChI is InChI=1S/C18H22N2O3S2/c1-23-17(22)5-2-8-19-16(21)12-20-9-6-14-13(7-11-25-14)18(20)15-4-3-10-24-15/h3-4,7,10-11,18H,2,5-6,8-9,12H2,1H3,(H,19,21)/t18-/m1/s1. The predicted molar refractivity (Wildman–Crippen MR) is 100 cm³/mol. The number of thiophene rings is 2. The highest BCUT2D eigenvalue weighted by Crippen LogP contribution is 2.39. The van der Waals surface area contributed by atoms with Crippen LogP contribution < -0.4 is 5.32 Å². The number of fused-ring (bicyclic) bond motifs is 1. The van der Waals surface area contributed by atoms with Gasteiger partial charge >= 0.3 is 5.97 Å². The van der Waals surface area contributed by atoms with E-state index in [2.05, 4.69) is 43.9 Å². The van der Waals surface area contributed by atoms with E-state index in [0.29, 0.717) is 25.9 Å². The maximum atomic E-state index is 12.3. The van der Waals surface area contributed by atoms with Crippen LogP contribution in [-0.2, 0) is 20.7 Å². The molecule has 2 aromatic rings. The quantitative estimate of drug-likeness (QED) is 0.595. The van der Waals surface area contributed by atoms with Crippen molar-refractivity contribution in [2.45, 2.75) is 25.3 Å². The van der Waals surface area contributed by atoms with E-state index >= 15 is 0 Å². The molecular formula is C18H22N2O3S2. The van der Waals surface area contributed by atoms with Crippen molar-refractivity contribution < 1.29 is 14.3 Å². The van der Waals surface area contributed by atoms with E-state index in [1.165, 1.54) is 22.4 Å². The summed E-state index contributed by atoms with van der Waals surface area (Å²) in [5.74, 6) is -0.238. The van der Waals surface area contributed by atoms with Crippen LogP contribution in [0.15, 0.2) is 29.0 Å². The Hall–Kier alpha value is -1.70. The molecule has 1 atom stereocenters. The van der Waals surface area contributed by atoms with Crippen LogP contribution in [-0.4, -0.2) is 43.5 Å². The van der Waals surface area contributed by atoms with E-state index in [1.54, 1.807) is 22.7 Å². The minimum atomic E-state index is -0.243. The zero-order valence-electron chi connectivity index (χ0n) is 14.2. The average molecular weight is 379 g/mol. The van der Waals surface area contributed by atoms with Crippen LogP contribution in [0.3, 0.4) is 0 Å². The molecule has 3 rings (SSSR count). The number of hydrogen-bond donors (Lipinski definition) is 1. The average Bonchev–Trinajstić information content (AvgIpc) is 3.29. The molecule has 0 bridgehead atoms. The number of carbonyl (C=O) groups excluding carboxylic acids is 2. The molecule has 0 spiro atoms. The lowest BCUT2D eigenvalue weighted by Gasteiger charge is -2.34. The summed E-state index contributed by atoms with van der Waals surface area (Å²) >= 11 is 3.54. The van der Waals surface area contributed by atoms with E-state index in [9.17, 15) is 9.59 Å². The molecule has 1 aliphatic heterocycles. The molecule has 1 N–H and O–H groups in total. The second-order valence-electron chi connectivity index (χ2n) is 5.97. The zero-order valence-corrected chi connectivity index (χ0v) is 15.8. The fraction of sp³-hybridized carbons (Fsp3) is 0.444. The van der Waals surface area contributed by atoms with Crippen molar-refractivity contribution in [3.63, 3.8) is 0 Å². The molecule has 7 heteroatoms. The Morgan fingerprint density at radius 3 is 2.96 bits per heavy atom. The van der Waals surface area contributed by atoms with Gasteiger partial charge in [0, 0.05) is 29.3 Å². The number of methoxy groups -OCH3 is 1. The molecule has 0 fully saturated rings. The van der Waals surface area contributed by atoms with Crippen molar-refractivity contribution in [1.82, 2.24) is 10.2 Å². The van der Waals surface area contributed by atoms with Crippen LogP contribution in [0, 0.1) is 0 Å². The minimum Gasteiger partial charge on any atom is -0.469 e. The number of nitrogens with zero attached hydrogens (tertiary/aromatic N) is 1.